The highest BCUT2D eigenvalue weighted by Gasteiger charge is 2.11. The monoisotopic (exact) mass is 354 g/mol. The third kappa shape index (κ3) is 7.09. The summed E-state index contributed by atoms with van der Waals surface area (Å²) in [5.74, 6) is 0.930. The highest BCUT2D eigenvalue weighted by molar-refractivity contribution is 6.18. The van der Waals surface area contributed by atoms with Crippen molar-refractivity contribution in [3.63, 3.8) is 0 Å². The molecule has 0 aliphatic heterocycles. The molecule has 5 nitrogen and oxygen atoms in total. The number of carbonyl (C=O) groups excluding carboxylic acids is 1. The van der Waals surface area contributed by atoms with Gasteiger partial charge in [0.05, 0.1) is 4.92 Å². The molecule has 0 unspecified atom stereocenters. The molecule has 0 atom stereocenters. The third-order valence-corrected chi connectivity index (χ3v) is 3.19. The van der Waals surface area contributed by atoms with Crippen LogP contribution in [-0.4, -0.2) is 47.0 Å². The summed E-state index contributed by atoms with van der Waals surface area (Å²) in [5.41, 5.74) is 0.458. The van der Waals surface area contributed by atoms with E-state index >= 15 is 0 Å². The average Bonchev–Trinajstić information content (AvgIpc) is 2.45. The number of halogens is 3. The number of carbonyl (C=O) groups is 1. The summed E-state index contributed by atoms with van der Waals surface area (Å²) in [6.45, 7) is 1.94. The number of rotatable bonds is 9. The van der Waals surface area contributed by atoms with Crippen molar-refractivity contribution in [2.45, 2.75) is 6.42 Å². The fourth-order valence-electron chi connectivity index (χ4n) is 1.75. The molecule has 0 bridgehead atoms. The smallest absolute Gasteiger partial charge is 0.269 e. The number of hydrogen-bond donors (Lipinski definition) is 0. The van der Waals surface area contributed by atoms with Crippen molar-refractivity contribution in [3.8, 4) is 0 Å². The molecule has 0 radical (unpaired) electrons. The van der Waals surface area contributed by atoms with E-state index in [9.17, 15) is 14.9 Å². The van der Waals surface area contributed by atoms with Gasteiger partial charge in [0.15, 0.2) is 5.78 Å². The Bertz CT molecular complexity index is 448. The van der Waals surface area contributed by atoms with Crippen molar-refractivity contribution < 1.29 is 9.72 Å². The van der Waals surface area contributed by atoms with Gasteiger partial charge in [0.25, 0.3) is 5.69 Å². The highest BCUT2D eigenvalue weighted by atomic mass is 35.5. The van der Waals surface area contributed by atoms with E-state index in [0.717, 1.165) is 0 Å². The predicted octanol–water partition coefficient (Wildman–Crippen LogP) is 3.37. The summed E-state index contributed by atoms with van der Waals surface area (Å²) < 4.78 is 0. The van der Waals surface area contributed by atoms with E-state index in [0.29, 0.717) is 43.4 Å². The second kappa shape index (κ2) is 10.8. The highest BCUT2D eigenvalue weighted by Crippen LogP contribution is 2.13. The maximum absolute atomic E-state index is 12.0. The number of nitrogens with zero attached hydrogens (tertiary/aromatic N) is 2. The number of Topliss-reactive ketones (excluding diaryl/α,β-unsaturated/α-hetero) is 1. The van der Waals surface area contributed by atoms with Gasteiger partial charge in [-0.2, -0.15) is 0 Å². The van der Waals surface area contributed by atoms with Crippen LogP contribution in [0.15, 0.2) is 24.3 Å². The van der Waals surface area contributed by atoms with Gasteiger partial charge in [-0.25, -0.2) is 0 Å². The average molecular weight is 356 g/mol. The number of ketones is 1. The van der Waals surface area contributed by atoms with E-state index in [4.69, 9.17) is 23.2 Å². The van der Waals surface area contributed by atoms with Crippen molar-refractivity contribution in [1.82, 2.24) is 4.90 Å². The molecule has 0 saturated heterocycles. The fraction of sp³-hybridized carbons (Fsp3) is 0.462. The standard InChI is InChI=1S/C13H16Cl2N2O3.ClH/c14-6-9-16(10-7-15)8-5-13(18)11-1-3-12(4-2-11)17(19)20;/h1-4H,5-10H2;1H. The zero-order valence-corrected chi connectivity index (χ0v) is 13.7. The van der Waals surface area contributed by atoms with E-state index in [-0.39, 0.29) is 23.9 Å². The summed E-state index contributed by atoms with van der Waals surface area (Å²) in [6, 6.07) is 5.63. The Kier molecular flexibility index (Phi) is 10.3. The fourth-order valence-corrected chi connectivity index (χ4v) is 2.23. The van der Waals surface area contributed by atoms with Crippen LogP contribution >= 0.6 is 35.6 Å². The topological polar surface area (TPSA) is 63.5 Å². The minimum Gasteiger partial charge on any atom is -0.301 e. The van der Waals surface area contributed by atoms with E-state index in [1.165, 1.54) is 24.3 Å². The minimum atomic E-state index is -0.489. The maximum Gasteiger partial charge on any atom is 0.269 e. The van der Waals surface area contributed by atoms with Crippen molar-refractivity contribution in [3.05, 3.63) is 39.9 Å². The van der Waals surface area contributed by atoms with Gasteiger partial charge in [-0.3, -0.25) is 14.9 Å². The number of nitro benzene ring substituents is 1. The maximum atomic E-state index is 12.0. The van der Waals surface area contributed by atoms with Crippen LogP contribution in [0.3, 0.4) is 0 Å². The Morgan fingerprint density at radius 1 is 1.10 bits per heavy atom. The molecule has 21 heavy (non-hydrogen) atoms. The van der Waals surface area contributed by atoms with E-state index < -0.39 is 4.92 Å². The molecule has 0 saturated carbocycles. The zero-order valence-electron chi connectivity index (χ0n) is 11.3. The molecular formula is C13H17Cl3N2O3. The van der Waals surface area contributed by atoms with Crippen molar-refractivity contribution >= 4 is 47.1 Å². The largest absolute Gasteiger partial charge is 0.301 e. The molecule has 0 heterocycles. The van der Waals surface area contributed by atoms with Crippen LogP contribution < -0.4 is 0 Å². The summed E-state index contributed by atoms with van der Waals surface area (Å²) >= 11 is 11.4. The van der Waals surface area contributed by atoms with Gasteiger partial charge in [0.2, 0.25) is 0 Å². The molecule has 0 N–H and O–H groups in total. The first kappa shape index (κ1) is 20.1. The SMILES string of the molecule is Cl.O=C(CCN(CCCl)CCCl)c1ccc([N+](=O)[O-])cc1. The van der Waals surface area contributed by atoms with Crippen molar-refractivity contribution in [1.29, 1.82) is 0 Å². The summed E-state index contributed by atoms with van der Waals surface area (Å²) in [5, 5.41) is 10.5. The number of hydrogen-bond acceptors (Lipinski definition) is 4. The van der Waals surface area contributed by atoms with Gasteiger partial charge >= 0.3 is 0 Å². The molecule has 8 heteroatoms. The molecule has 0 aliphatic carbocycles. The van der Waals surface area contributed by atoms with Gasteiger partial charge in [-0.1, -0.05) is 0 Å². The number of alkyl halides is 2. The van der Waals surface area contributed by atoms with Gasteiger partial charge in [0.1, 0.15) is 0 Å². The van der Waals surface area contributed by atoms with Crippen LogP contribution in [0.25, 0.3) is 0 Å². The van der Waals surface area contributed by atoms with Gasteiger partial charge in [-0.05, 0) is 12.1 Å². The Hall–Kier alpha value is -0.880. The Morgan fingerprint density at radius 3 is 2.05 bits per heavy atom. The molecular weight excluding hydrogens is 339 g/mol. The molecule has 0 aliphatic rings. The van der Waals surface area contributed by atoms with Crippen LogP contribution in [0.1, 0.15) is 16.8 Å². The van der Waals surface area contributed by atoms with E-state index in [1.807, 2.05) is 4.90 Å². The zero-order chi connectivity index (χ0) is 15.0. The van der Waals surface area contributed by atoms with E-state index in [1.54, 1.807) is 0 Å². The molecule has 1 aromatic carbocycles. The van der Waals surface area contributed by atoms with Crippen LogP contribution in [0, 0.1) is 10.1 Å². The normalized spacial score (nSPS) is 10.2. The van der Waals surface area contributed by atoms with E-state index in [2.05, 4.69) is 0 Å². The van der Waals surface area contributed by atoms with Gasteiger partial charge in [-0.15, -0.1) is 35.6 Å². The molecule has 1 aromatic rings. The Labute approximate surface area is 139 Å². The Balaban J connectivity index is 0.00000400. The van der Waals surface area contributed by atoms with Crippen LogP contribution in [-0.2, 0) is 0 Å². The van der Waals surface area contributed by atoms with Crippen molar-refractivity contribution in [2.75, 3.05) is 31.4 Å². The summed E-state index contributed by atoms with van der Waals surface area (Å²) in [7, 11) is 0. The lowest BCUT2D eigenvalue weighted by molar-refractivity contribution is -0.384. The van der Waals surface area contributed by atoms with Crippen LogP contribution in [0.2, 0.25) is 0 Å². The summed E-state index contributed by atoms with van der Waals surface area (Å²) in [4.78, 5) is 24.0. The second-order valence-corrected chi connectivity index (χ2v) is 4.95. The quantitative estimate of drug-likeness (QED) is 0.295. The second-order valence-electron chi connectivity index (χ2n) is 4.20. The molecule has 1 rings (SSSR count). The molecule has 0 fully saturated rings. The summed E-state index contributed by atoms with van der Waals surface area (Å²) in [6.07, 6.45) is 0.339. The molecule has 0 spiro atoms. The number of non-ortho nitro benzene ring substituents is 1. The van der Waals surface area contributed by atoms with Crippen LogP contribution in [0.5, 0.6) is 0 Å². The first-order valence-electron chi connectivity index (χ1n) is 6.20. The Morgan fingerprint density at radius 2 is 1.62 bits per heavy atom. The number of nitro groups is 1. The van der Waals surface area contributed by atoms with Gasteiger partial charge in [0, 0.05) is 55.5 Å². The molecule has 0 aromatic heterocycles. The predicted molar refractivity (Wildman–Crippen MR) is 87.2 cm³/mol. The molecule has 0 amide bonds. The van der Waals surface area contributed by atoms with Crippen LogP contribution in [0.4, 0.5) is 5.69 Å². The lowest BCUT2D eigenvalue weighted by Crippen LogP contribution is -2.30. The third-order valence-electron chi connectivity index (χ3n) is 2.86. The first-order chi connectivity index (χ1) is 9.58. The first-order valence-corrected chi connectivity index (χ1v) is 7.27. The van der Waals surface area contributed by atoms with Gasteiger partial charge < -0.3 is 4.90 Å². The minimum absolute atomic E-state index is 0. The molecule has 118 valence electrons. The lowest BCUT2D eigenvalue weighted by Gasteiger charge is -2.19. The number of benzene rings is 1. The van der Waals surface area contributed by atoms with Crippen molar-refractivity contribution in [2.24, 2.45) is 0 Å². The lowest BCUT2D eigenvalue weighted by atomic mass is 10.1.